The fourth-order valence-corrected chi connectivity index (χ4v) is 4.94. The van der Waals surface area contributed by atoms with Gasteiger partial charge in [-0.3, -0.25) is 24.0 Å². The van der Waals surface area contributed by atoms with Crippen LogP contribution in [0.15, 0.2) is 63.8 Å². The number of aromatic carboxylic acids is 1. The number of amides is 3. The van der Waals surface area contributed by atoms with Gasteiger partial charge in [0.2, 0.25) is 11.8 Å². The standard InChI is InChI=1S/C33H33N3O9/c1-17(18(2)37)35-32(42)27(36-19(3)38)6-4-5-13-34-31(41)20-7-10-23(33(43)44)26(14-20)30-24-11-8-21(39)15-28(24)45-29-16-22(40)9-12-25(29)30/h7-12,14-17,27,39H,4-6,13H2,1-3H3,(H,34,41)(H,35,42)(H,36,38)(H,43,44)/t17-,27-/m1/s1. The van der Waals surface area contributed by atoms with Crippen LogP contribution in [0.2, 0.25) is 0 Å². The number of ketones is 1. The second-order valence-electron chi connectivity index (χ2n) is 10.7. The van der Waals surface area contributed by atoms with Crippen LogP contribution in [0.25, 0.3) is 33.4 Å². The monoisotopic (exact) mass is 615 g/mol. The summed E-state index contributed by atoms with van der Waals surface area (Å²) in [5.74, 6) is -2.68. The van der Waals surface area contributed by atoms with E-state index in [-0.39, 0.29) is 58.0 Å². The molecule has 0 fully saturated rings. The lowest BCUT2D eigenvalue weighted by molar-refractivity contribution is -0.130. The van der Waals surface area contributed by atoms with Crippen LogP contribution in [-0.4, -0.2) is 58.3 Å². The molecule has 5 N–H and O–H groups in total. The topological polar surface area (TPSA) is 192 Å². The molecule has 0 bridgehead atoms. The van der Waals surface area contributed by atoms with Crippen molar-refractivity contribution < 1.29 is 38.6 Å². The Labute approximate surface area is 257 Å². The maximum Gasteiger partial charge on any atom is 0.336 e. The summed E-state index contributed by atoms with van der Waals surface area (Å²) in [6.07, 6.45) is 1.22. The minimum atomic E-state index is -1.23. The molecule has 0 saturated heterocycles. The van der Waals surface area contributed by atoms with Gasteiger partial charge in [-0.15, -0.1) is 0 Å². The fraction of sp³-hybridized carbons (Fsp3) is 0.273. The SMILES string of the molecule is CC(=O)N[C@H](CCCCNC(=O)c1ccc(C(=O)O)c(-c2c3ccc(=O)cc-3oc3cc(O)ccc23)c1)C(=O)N[C@H](C)C(C)=O. The van der Waals surface area contributed by atoms with Crippen LogP contribution in [0.5, 0.6) is 5.75 Å². The molecular formula is C33H33N3O9. The van der Waals surface area contributed by atoms with Gasteiger partial charge in [-0.05, 0) is 81.1 Å². The maximum absolute atomic E-state index is 13.2. The summed E-state index contributed by atoms with van der Waals surface area (Å²) in [5, 5.41) is 28.5. The van der Waals surface area contributed by atoms with Crippen molar-refractivity contribution >= 4 is 40.4 Å². The molecule has 2 atom stereocenters. The normalized spacial score (nSPS) is 12.3. The largest absolute Gasteiger partial charge is 0.508 e. The molecule has 234 valence electrons. The summed E-state index contributed by atoms with van der Waals surface area (Å²) in [6, 6.07) is 11.1. The highest BCUT2D eigenvalue weighted by atomic mass is 16.4. The third-order valence-corrected chi connectivity index (χ3v) is 7.33. The molecule has 0 saturated carbocycles. The zero-order valence-corrected chi connectivity index (χ0v) is 24.9. The van der Waals surface area contributed by atoms with Crippen molar-refractivity contribution in [3.05, 3.63) is 75.9 Å². The summed E-state index contributed by atoms with van der Waals surface area (Å²) < 4.78 is 5.86. The number of unbranched alkanes of at least 4 members (excludes halogenated alkanes) is 1. The number of phenols is 1. The second-order valence-corrected chi connectivity index (χ2v) is 10.7. The third kappa shape index (κ3) is 7.71. The van der Waals surface area contributed by atoms with Crippen molar-refractivity contribution in [3.63, 3.8) is 0 Å². The van der Waals surface area contributed by atoms with Crippen molar-refractivity contribution in [1.82, 2.24) is 16.0 Å². The summed E-state index contributed by atoms with van der Waals surface area (Å²) in [4.78, 5) is 73.2. The molecule has 0 spiro atoms. The van der Waals surface area contributed by atoms with E-state index in [0.29, 0.717) is 29.4 Å². The van der Waals surface area contributed by atoms with Crippen molar-refractivity contribution in [2.45, 2.75) is 52.1 Å². The number of carbonyl (C=O) groups excluding carboxylic acids is 4. The number of hydrogen-bond acceptors (Lipinski definition) is 8. The third-order valence-electron chi connectivity index (χ3n) is 7.33. The van der Waals surface area contributed by atoms with E-state index in [9.17, 15) is 39.0 Å². The Morgan fingerprint density at radius 2 is 1.64 bits per heavy atom. The first-order valence-corrected chi connectivity index (χ1v) is 14.3. The molecule has 2 aliphatic rings. The lowest BCUT2D eigenvalue weighted by Crippen LogP contribution is -2.50. The highest BCUT2D eigenvalue weighted by Gasteiger charge is 2.24. The predicted molar refractivity (Wildman–Crippen MR) is 165 cm³/mol. The Hall–Kier alpha value is -5.52. The van der Waals surface area contributed by atoms with Crippen LogP contribution in [0, 0.1) is 0 Å². The molecule has 1 aliphatic carbocycles. The van der Waals surface area contributed by atoms with Gasteiger partial charge in [0.05, 0.1) is 11.6 Å². The first-order chi connectivity index (χ1) is 21.3. The van der Waals surface area contributed by atoms with Gasteiger partial charge in [0.25, 0.3) is 5.91 Å². The van der Waals surface area contributed by atoms with Crippen molar-refractivity contribution in [2.24, 2.45) is 0 Å². The highest BCUT2D eigenvalue weighted by Crippen LogP contribution is 2.42. The first kappa shape index (κ1) is 32.4. The van der Waals surface area contributed by atoms with Crippen LogP contribution in [0.1, 0.15) is 60.7 Å². The molecule has 1 aliphatic heterocycles. The summed E-state index contributed by atoms with van der Waals surface area (Å²) in [6.45, 7) is 4.43. The predicted octanol–water partition coefficient (Wildman–Crippen LogP) is 3.47. The fourth-order valence-electron chi connectivity index (χ4n) is 4.94. The number of benzene rings is 3. The Morgan fingerprint density at radius 1 is 0.889 bits per heavy atom. The highest BCUT2D eigenvalue weighted by molar-refractivity contribution is 6.09. The molecule has 2 aromatic rings. The Bertz CT molecular complexity index is 1830. The molecule has 1 heterocycles. The number of rotatable bonds is 12. The number of carbonyl (C=O) groups is 5. The van der Waals surface area contributed by atoms with E-state index in [1.54, 1.807) is 13.0 Å². The molecule has 12 heteroatoms. The number of carboxylic acid groups (broad SMARTS) is 1. The Kier molecular flexibility index (Phi) is 9.97. The molecule has 0 aromatic heterocycles. The van der Waals surface area contributed by atoms with Crippen LogP contribution in [0.4, 0.5) is 0 Å². The Morgan fingerprint density at radius 3 is 2.33 bits per heavy atom. The second kappa shape index (κ2) is 13.8. The Balaban J connectivity index is 1.55. The lowest BCUT2D eigenvalue weighted by Gasteiger charge is -2.20. The molecule has 4 rings (SSSR count). The van der Waals surface area contributed by atoms with Crippen molar-refractivity contribution in [2.75, 3.05) is 6.54 Å². The van der Waals surface area contributed by atoms with Crippen LogP contribution in [0.3, 0.4) is 0 Å². The molecule has 3 amide bonds. The molecule has 2 aromatic carbocycles. The van der Waals surface area contributed by atoms with Gasteiger partial charge in [0.15, 0.2) is 11.2 Å². The number of nitrogens with one attached hydrogen (secondary N) is 3. The minimum absolute atomic E-state index is 0.0824. The smallest absolute Gasteiger partial charge is 0.336 e. The number of phenolic OH excluding ortho intramolecular Hbond substituents is 1. The minimum Gasteiger partial charge on any atom is -0.508 e. The van der Waals surface area contributed by atoms with E-state index in [1.165, 1.54) is 62.4 Å². The molecular weight excluding hydrogens is 582 g/mol. The molecule has 45 heavy (non-hydrogen) atoms. The summed E-state index contributed by atoms with van der Waals surface area (Å²) in [5.41, 5.74) is 1.08. The van der Waals surface area contributed by atoms with Gasteiger partial charge in [-0.2, -0.15) is 0 Å². The van der Waals surface area contributed by atoms with E-state index >= 15 is 0 Å². The van der Waals surface area contributed by atoms with E-state index < -0.39 is 35.8 Å². The summed E-state index contributed by atoms with van der Waals surface area (Å²) >= 11 is 0. The van der Waals surface area contributed by atoms with E-state index in [4.69, 9.17) is 4.42 Å². The number of aromatic hydroxyl groups is 1. The molecule has 12 nitrogen and oxygen atoms in total. The van der Waals surface area contributed by atoms with E-state index in [2.05, 4.69) is 16.0 Å². The van der Waals surface area contributed by atoms with Gasteiger partial charge in [0, 0.05) is 47.7 Å². The van der Waals surface area contributed by atoms with Gasteiger partial charge in [0.1, 0.15) is 23.1 Å². The van der Waals surface area contributed by atoms with Crippen LogP contribution >= 0.6 is 0 Å². The van der Waals surface area contributed by atoms with Gasteiger partial charge in [-0.25, -0.2) is 4.79 Å². The van der Waals surface area contributed by atoms with Crippen molar-refractivity contribution in [3.8, 4) is 28.2 Å². The van der Waals surface area contributed by atoms with E-state index in [0.717, 1.165) is 0 Å². The van der Waals surface area contributed by atoms with Crippen LogP contribution in [-0.2, 0) is 14.4 Å². The summed E-state index contributed by atoms with van der Waals surface area (Å²) in [7, 11) is 0. The average Bonchev–Trinajstić information content (AvgIpc) is 2.98. The zero-order valence-electron chi connectivity index (χ0n) is 24.9. The van der Waals surface area contributed by atoms with Gasteiger partial charge < -0.3 is 30.6 Å². The number of hydrogen-bond donors (Lipinski definition) is 5. The lowest BCUT2D eigenvalue weighted by atomic mass is 9.89. The quantitative estimate of drug-likeness (QED) is 0.117. The zero-order chi connectivity index (χ0) is 32.8. The first-order valence-electron chi connectivity index (χ1n) is 14.3. The van der Waals surface area contributed by atoms with Crippen molar-refractivity contribution in [1.29, 1.82) is 0 Å². The number of Topliss-reactive ketones (excluding diaryl/α,β-unsaturated/α-hetero) is 1. The molecule has 0 radical (unpaired) electrons. The maximum atomic E-state index is 13.2. The number of fused-ring (bicyclic) bond motifs is 2. The average molecular weight is 616 g/mol. The van der Waals surface area contributed by atoms with Crippen LogP contribution < -0.4 is 21.4 Å². The number of carboxylic acids is 1. The van der Waals surface area contributed by atoms with Gasteiger partial charge >= 0.3 is 5.97 Å². The van der Waals surface area contributed by atoms with Gasteiger partial charge in [-0.1, -0.05) is 0 Å². The van der Waals surface area contributed by atoms with E-state index in [1.807, 2.05) is 0 Å². The molecule has 0 unspecified atom stereocenters.